The molecule has 1 aromatic carbocycles. The van der Waals surface area contributed by atoms with Crippen LogP contribution in [0, 0.1) is 0 Å². The topological polar surface area (TPSA) is 69.8 Å². The van der Waals surface area contributed by atoms with Crippen LogP contribution in [0.2, 0.25) is 0 Å². The van der Waals surface area contributed by atoms with Crippen molar-refractivity contribution in [2.24, 2.45) is 0 Å². The number of H-pyrrole nitrogens is 1. The monoisotopic (exact) mass is 308 g/mol. The van der Waals surface area contributed by atoms with Crippen molar-refractivity contribution >= 4 is 35.3 Å². The van der Waals surface area contributed by atoms with Gasteiger partial charge < -0.3 is 10.3 Å². The summed E-state index contributed by atoms with van der Waals surface area (Å²) in [5.74, 6) is -0.216. The fourth-order valence-corrected chi connectivity index (χ4v) is 1.58. The zero-order chi connectivity index (χ0) is 14.0. The van der Waals surface area contributed by atoms with Crippen LogP contribution in [0.4, 0.5) is 19.1 Å². The number of hydrogen-bond donors (Lipinski definition) is 3. The molecule has 0 atom stereocenters. The molecule has 2 rings (SSSR count). The molecule has 0 saturated carbocycles. The van der Waals surface area contributed by atoms with Gasteiger partial charge in [0.25, 0.3) is 0 Å². The van der Waals surface area contributed by atoms with Crippen molar-refractivity contribution in [3.8, 4) is 0 Å². The minimum Gasteiger partial charge on any atom is -0.324 e. The number of fused-ring (bicyclic) bond motifs is 1. The van der Waals surface area contributed by atoms with Gasteiger partial charge in [0.05, 0.1) is 23.1 Å². The fourth-order valence-electron chi connectivity index (χ4n) is 1.58. The molecular weight excluding hydrogens is 297 g/mol. The number of halogens is 4. The van der Waals surface area contributed by atoms with Gasteiger partial charge in [-0.2, -0.15) is 13.2 Å². The van der Waals surface area contributed by atoms with Crippen LogP contribution >= 0.6 is 12.4 Å². The number of nitrogens with zero attached hydrogens (tertiary/aromatic N) is 1. The highest BCUT2D eigenvalue weighted by atomic mass is 35.5. The third-order valence-corrected chi connectivity index (χ3v) is 2.40. The van der Waals surface area contributed by atoms with E-state index in [1.165, 1.54) is 6.07 Å². The predicted octanol–water partition coefficient (Wildman–Crippen LogP) is 2.16. The van der Waals surface area contributed by atoms with Crippen molar-refractivity contribution < 1.29 is 18.0 Å². The first-order chi connectivity index (χ1) is 8.90. The minimum atomic E-state index is -4.41. The first kappa shape index (κ1) is 16.3. The van der Waals surface area contributed by atoms with E-state index in [1.54, 1.807) is 7.05 Å². The molecule has 0 saturated heterocycles. The lowest BCUT2D eigenvalue weighted by Gasteiger charge is -2.05. The van der Waals surface area contributed by atoms with Crippen LogP contribution in [0.3, 0.4) is 0 Å². The molecule has 20 heavy (non-hydrogen) atoms. The zero-order valence-corrected chi connectivity index (χ0v) is 11.2. The van der Waals surface area contributed by atoms with E-state index in [-0.39, 0.29) is 36.3 Å². The van der Waals surface area contributed by atoms with Crippen molar-refractivity contribution in [2.75, 3.05) is 18.9 Å². The largest absolute Gasteiger partial charge is 0.416 e. The van der Waals surface area contributed by atoms with Gasteiger partial charge in [-0.1, -0.05) is 0 Å². The number of aromatic nitrogens is 2. The molecule has 3 N–H and O–H groups in total. The van der Waals surface area contributed by atoms with E-state index in [2.05, 4.69) is 20.6 Å². The number of aromatic amines is 1. The Balaban J connectivity index is 0.00000200. The molecule has 0 unspecified atom stereocenters. The SMILES string of the molecule is CNCC(=O)Nc1nc2ccc(C(F)(F)F)cc2[nH]1.Cl. The van der Waals surface area contributed by atoms with Crippen LogP contribution in [-0.4, -0.2) is 29.5 Å². The molecule has 110 valence electrons. The second-order valence-electron chi connectivity index (χ2n) is 3.89. The third-order valence-electron chi connectivity index (χ3n) is 2.40. The summed E-state index contributed by atoms with van der Waals surface area (Å²) in [7, 11) is 1.60. The number of hydrogen-bond acceptors (Lipinski definition) is 3. The first-order valence-electron chi connectivity index (χ1n) is 5.41. The summed E-state index contributed by atoms with van der Waals surface area (Å²) in [6.07, 6.45) is -4.41. The van der Waals surface area contributed by atoms with Crippen molar-refractivity contribution in [3.05, 3.63) is 23.8 Å². The van der Waals surface area contributed by atoms with Crippen LogP contribution in [-0.2, 0) is 11.0 Å². The van der Waals surface area contributed by atoms with Gasteiger partial charge in [-0.15, -0.1) is 12.4 Å². The molecule has 1 aromatic heterocycles. The van der Waals surface area contributed by atoms with Crippen LogP contribution < -0.4 is 10.6 Å². The first-order valence-corrected chi connectivity index (χ1v) is 5.41. The number of likely N-dealkylation sites (N-methyl/N-ethyl adjacent to an activating group) is 1. The predicted molar refractivity (Wildman–Crippen MR) is 70.9 cm³/mol. The molecule has 0 spiro atoms. The van der Waals surface area contributed by atoms with E-state index in [4.69, 9.17) is 0 Å². The number of imidazole rings is 1. The molecule has 2 aromatic rings. The standard InChI is InChI=1S/C11H11F3N4O.ClH/c1-15-5-9(19)18-10-16-7-3-2-6(11(12,13)14)4-8(7)17-10;/h2-4,15H,5H2,1H3,(H2,16,17,18,19);1H. The Morgan fingerprint density at radius 1 is 1.40 bits per heavy atom. The van der Waals surface area contributed by atoms with Crippen molar-refractivity contribution in [3.63, 3.8) is 0 Å². The minimum absolute atomic E-state index is 0. The Hall–Kier alpha value is -1.80. The number of amides is 1. The maximum Gasteiger partial charge on any atom is 0.416 e. The maximum absolute atomic E-state index is 12.5. The van der Waals surface area contributed by atoms with Crippen molar-refractivity contribution in [1.82, 2.24) is 15.3 Å². The van der Waals surface area contributed by atoms with Gasteiger partial charge in [-0.05, 0) is 25.2 Å². The Bertz CT molecular complexity index is 611. The van der Waals surface area contributed by atoms with E-state index in [0.717, 1.165) is 12.1 Å². The van der Waals surface area contributed by atoms with Crippen LogP contribution in [0.25, 0.3) is 11.0 Å². The Labute approximate surface area is 118 Å². The second-order valence-corrected chi connectivity index (χ2v) is 3.89. The molecule has 0 aliphatic heterocycles. The summed E-state index contributed by atoms with van der Waals surface area (Å²) in [6.45, 7) is 0.0881. The van der Waals surface area contributed by atoms with Gasteiger partial charge in [-0.3, -0.25) is 10.1 Å². The number of benzene rings is 1. The lowest BCUT2D eigenvalue weighted by molar-refractivity contribution is -0.137. The Morgan fingerprint density at radius 2 is 2.10 bits per heavy atom. The molecule has 5 nitrogen and oxygen atoms in total. The van der Waals surface area contributed by atoms with Crippen LogP contribution in [0.15, 0.2) is 18.2 Å². The second kappa shape index (κ2) is 6.10. The Kier molecular flexibility index (Phi) is 4.96. The van der Waals surface area contributed by atoms with Gasteiger partial charge in [-0.25, -0.2) is 4.98 Å². The molecule has 0 radical (unpaired) electrons. The summed E-state index contributed by atoms with van der Waals surface area (Å²) in [6, 6.07) is 3.15. The van der Waals surface area contributed by atoms with E-state index >= 15 is 0 Å². The van der Waals surface area contributed by atoms with Gasteiger partial charge in [0, 0.05) is 0 Å². The molecule has 1 heterocycles. The molecule has 0 fully saturated rings. The summed E-state index contributed by atoms with van der Waals surface area (Å²) in [5.41, 5.74) is -0.195. The van der Waals surface area contributed by atoms with Crippen molar-refractivity contribution in [2.45, 2.75) is 6.18 Å². The average molecular weight is 309 g/mol. The lowest BCUT2D eigenvalue weighted by atomic mass is 10.2. The van der Waals surface area contributed by atoms with E-state index < -0.39 is 11.7 Å². The highest BCUT2D eigenvalue weighted by Crippen LogP contribution is 2.31. The number of carbonyl (C=O) groups excluding carboxylic acids is 1. The van der Waals surface area contributed by atoms with Gasteiger partial charge in [0.15, 0.2) is 0 Å². The summed E-state index contributed by atoms with van der Waals surface area (Å²) >= 11 is 0. The molecule has 0 bridgehead atoms. The zero-order valence-electron chi connectivity index (χ0n) is 10.3. The lowest BCUT2D eigenvalue weighted by Crippen LogP contribution is -2.25. The summed E-state index contributed by atoms with van der Waals surface area (Å²) < 4.78 is 37.6. The van der Waals surface area contributed by atoms with Crippen LogP contribution in [0.1, 0.15) is 5.56 Å². The molecule has 1 amide bonds. The molecular formula is C11H12ClF3N4O. The highest BCUT2D eigenvalue weighted by Gasteiger charge is 2.30. The van der Waals surface area contributed by atoms with Gasteiger partial charge in [0.2, 0.25) is 11.9 Å². The fraction of sp³-hybridized carbons (Fsp3) is 0.273. The summed E-state index contributed by atoms with van der Waals surface area (Å²) in [5, 5.41) is 5.09. The smallest absolute Gasteiger partial charge is 0.324 e. The number of nitrogens with one attached hydrogen (secondary N) is 3. The summed E-state index contributed by atoms with van der Waals surface area (Å²) in [4.78, 5) is 17.9. The number of alkyl halides is 3. The van der Waals surface area contributed by atoms with E-state index in [9.17, 15) is 18.0 Å². The molecule has 0 aliphatic rings. The maximum atomic E-state index is 12.5. The average Bonchev–Trinajstić information content (AvgIpc) is 2.68. The van der Waals surface area contributed by atoms with Crippen LogP contribution in [0.5, 0.6) is 0 Å². The van der Waals surface area contributed by atoms with E-state index in [1.807, 2.05) is 0 Å². The highest BCUT2D eigenvalue weighted by molar-refractivity contribution is 5.92. The third kappa shape index (κ3) is 3.61. The molecule has 9 heteroatoms. The normalized spacial score (nSPS) is 11.2. The Morgan fingerprint density at radius 3 is 2.70 bits per heavy atom. The van der Waals surface area contributed by atoms with Gasteiger partial charge >= 0.3 is 6.18 Å². The van der Waals surface area contributed by atoms with E-state index in [0.29, 0.717) is 5.52 Å². The number of carbonyl (C=O) groups is 1. The quantitative estimate of drug-likeness (QED) is 0.814. The number of anilines is 1. The molecule has 0 aliphatic carbocycles. The number of rotatable bonds is 3. The van der Waals surface area contributed by atoms with Gasteiger partial charge in [0.1, 0.15) is 0 Å². The van der Waals surface area contributed by atoms with Crippen molar-refractivity contribution in [1.29, 1.82) is 0 Å².